The number of carbonyl (C=O) groups excluding carboxylic acids is 2. The minimum absolute atomic E-state index is 0.108. The number of alkyl carbamates (subject to hydrolysis) is 1. The van der Waals surface area contributed by atoms with Gasteiger partial charge in [0, 0.05) is 5.92 Å². The summed E-state index contributed by atoms with van der Waals surface area (Å²) < 4.78 is 10.3. The van der Waals surface area contributed by atoms with E-state index in [1.165, 1.54) is 13.2 Å². The first kappa shape index (κ1) is 22.1. The number of carbonyl (C=O) groups is 3. The second-order valence-electron chi connectivity index (χ2n) is 7.74. The Kier molecular flexibility index (Phi) is 6.40. The minimum atomic E-state index is -1.09. The zero-order chi connectivity index (χ0) is 23.4. The lowest BCUT2D eigenvalue weighted by molar-refractivity contribution is -0.137. The number of aliphatic carboxylic acids is 1. The van der Waals surface area contributed by atoms with Gasteiger partial charge in [0.05, 0.1) is 25.1 Å². The summed E-state index contributed by atoms with van der Waals surface area (Å²) in [5.74, 6) is -1.75. The number of methoxy groups -OCH3 is 1. The van der Waals surface area contributed by atoms with E-state index in [1.807, 2.05) is 48.5 Å². The molecular weight excluding hydrogens is 422 g/mol. The van der Waals surface area contributed by atoms with Crippen LogP contribution in [0.4, 0.5) is 4.79 Å². The zero-order valence-electron chi connectivity index (χ0n) is 18.0. The Morgan fingerprint density at radius 3 is 2.18 bits per heavy atom. The number of carboxylic acids is 1. The van der Waals surface area contributed by atoms with Crippen molar-refractivity contribution in [1.82, 2.24) is 5.32 Å². The van der Waals surface area contributed by atoms with Crippen LogP contribution in [0.2, 0.25) is 0 Å². The van der Waals surface area contributed by atoms with E-state index in [-0.39, 0.29) is 24.5 Å². The number of ether oxygens (including phenoxy) is 2. The highest BCUT2D eigenvalue weighted by Crippen LogP contribution is 2.44. The molecule has 0 saturated carbocycles. The first-order chi connectivity index (χ1) is 16.0. The van der Waals surface area contributed by atoms with Gasteiger partial charge in [-0.25, -0.2) is 9.59 Å². The summed E-state index contributed by atoms with van der Waals surface area (Å²) in [5.41, 5.74) is 5.13. The Bertz CT molecular complexity index is 1160. The predicted molar refractivity (Wildman–Crippen MR) is 121 cm³/mol. The Hall–Kier alpha value is -4.13. The Labute approximate surface area is 191 Å². The van der Waals surface area contributed by atoms with Crippen LogP contribution < -0.4 is 5.32 Å². The van der Waals surface area contributed by atoms with Crippen molar-refractivity contribution in [2.24, 2.45) is 0 Å². The number of rotatable bonds is 7. The number of amides is 1. The summed E-state index contributed by atoms with van der Waals surface area (Å²) in [6.45, 7) is 0.113. The molecule has 1 aliphatic rings. The van der Waals surface area contributed by atoms with Crippen LogP contribution in [-0.2, 0) is 14.3 Å². The highest BCUT2D eigenvalue weighted by Gasteiger charge is 2.29. The van der Waals surface area contributed by atoms with Crippen LogP contribution in [-0.4, -0.2) is 36.9 Å². The van der Waals surface area contributed by atoms with Crippen molar-refractivity contribution in [2.75, 3.05) is 13.7 Å². The largest absolute Gasteiger partial charge is 0.481 e. The van der Waals surface area contributed by atoms with Crippen LogP contribution in [0.5, 0.6) is 0 Å². The quantitative estimate of drug-likeness (QED) is 0.518. The fourth-order valence-corrected chi connectivity index (χ4v) is 4.21. The van der Waals surface area contributed by atoms with Gasteiger partial charge in [0.2, 0.25) is 0 Å². The van der Waals surface area contributed by atoms with Gasteiger partial charge in [-0.2, -0.15) is 0 Å². The molecule has 0 heterocycles. The Morgan fingerprint density at radius 2 is 1.58 bits per heavy atom. The third-order valence-electron chi connectivity index (χ3n) is 5.72. The molecule has 2 N–H and O–H groups in total. The second kappa shape index (κ2) is 9.56. The van der Waals surface area contributed by atoms with Gasteiger partial charge >= 0.3 is 18.0 Å². The first-order valence-corrected chi connectivity index (χ1v) is 10.5. The molecule has 33 heavy (non-hydrogen) atoms. The number of hydrogen-bond donors (Lipinski definition) is 2. The normalized spacial score (nSPS) is 12.9. The molecule has 0 saturated heterocycles. The summed E-state index contributed by atoms with van der Waals surface area (Å²) in [6.07, 6.45) is -1.10. The molecular formula is C26H23NO6. The molecule has 1 aliphatic carbocycles. The lowest BCUT2D eigenvalue weighted by Gasteiger charge is -2.19. The summed E-state index contributed by atoms with van der Waals surface area (Å²) in [7, 11) is 1.26. The number of carboxylic acid groups (broad SMARTS) is 1. The summed E-state index contributed by atoms with van der Waals surface area (Å²) >= 11 is 0. The third-order valence-corrected chi connectivity index (χ3v) is 5.72. The summed E-state index contributed by atoms with van der Waals surface area (Å²) in [4.78, 5) is 35.9. The van der Waals surface area contributed by atoms with Gasteiger partial charge < -0.3 is 19.9 Å². The SMILES string of the molecule is COC(=O)c1cccc([C@H](CC(=O)O)NC(=O)OCC2c3ccccc3-c3ccccc32)c1. The van der Waals surface area contributed by atoms with Gasteiger partial charge in [0.1, 0.15) is 6.61 Å². The number of fused-ring (bicyclic) bond motifs is 3. The molecule has 7 nitrogen and oxygen atoms in total. The molecule has 3 aromatic rings. The Balaban J connectivity index is 1.49. The highest BCUT2D eigenvalue weighted by atomic mass is 16.5. The van der Waals surface area contributed by atoms with Gasteiger partial charge in [-0.1, -0.05) is 60.7 Å². The van der Waals surface area contributed by atoms with Crippen molar-refractivity contribution in [3.63, 3.8) is 0 Å². The van der Waals surface area contributed by atoms with E-state index in [2.05, 4.69) is 5.32 Å². The number of nitrogens with one attached hydrogen (secondary N) is 1. The molecule has 7 heteroatoms. The van der Waals surface area contributed by atoms with Gasteiger partial charge in [-0.15, -0.1) is 0 Å². The molecule has 4 rings (SSSR count). The van der Waals surface area contributed by atoms with E-state index < -0.39 is 24.1 Å². The molecule has 0 aromatic heterocycles. The maximum absolute atomic E-state index is 12.6. The highest BCUT2D eigenvalue weighted by molar-refractivity contribution is 5.89. The van der Waals surface area contributed by atoms with Crippen LogP contribution in [0.25, 0.3) is 11.1 Å². The van der Waals surface area contributed by atoms with Crippen molar-refractivity contribution in [3.05, 3.63) is 95.1 Å². The van der Waals surface area contributed by atoms with Crippen LogP contribution in [0.1, 0.15) is 45.4 Å². The van der Waals surface area contributed by atoms with Gasteiger partial charge in [0.15, 0.2) is 0 Å². The number of esters is 1. The number of hydrogen-bond acceptors (Lipinski definition) is 5. The molecule has 168 valence electrons. The fraction of sp³-hybridized carbons (Fsp3) is 0.192. The molecule has 0 spiro atoms. The molecule has 1 atom stereocenters. The van der Waals surface area contributed by atoms with E-state index in [9.17, 15) is 19.5 Å². The van der Waals surface area contributed by atoms with Gasteiger partial charge in [-0.05, 0) is 39.9 Å². The van der Waals surface area contributed by atoms with Crippen molar-refractivity contribution in [1.29, 1.82) is 0 Å². The molecule has 0 radical (unpaired) electrons. The van der Waals surface area contributed by atoms with E-state index in [4.69, 9.17) is 9.47 Å². The van der Waals surface area contributed by atoms with E-state index in [0.717, 1.165) is 22.3 Å². The number of benzene rings is 3. The molecule has 0 bridgehead atoms. The lowest BCUT2D eigenvalue weighted by atomic mass is 9.98. The molecule has 0 aliphatic heterocycles. The first-order valence-electron chi connectivity index (χ1n) is 10.5. The summed E-state index contributed by atoms with van der Waals surface area (Å²) in [5, 5.41) is 11.9. The van der Waals surface area contributed by atoms with Gasteiger partial charge in [-0.3, -0.25) is 4.79 Å². The van der Waals surface area contributed by atoms with E-state index in [0.29, 0.717) is 5.56 Å². The van der Waals surface area contributed by atoms with Gasteiger partial charge in [0.25, 0.3) is 0 Å². The van der Waals surface area contributed by atoms with E-state index >= 15 is 0 Å². The third kappa shape index (κ3) is 4.72. The summed E-state index contributed by atoms with van der Waals surface area (Å²) in [6, 6.07) is 21.4. The van der Waals surface area contributed by atoms with Crippen molar-refractivity contribution < 1.29 is 29.0 Å². The zero-order valence-corrected chi connectivity index (χ0v) is 18.0. The van der Waals surface area contributed by atoms with Crippen LogP contribution in [0.3, 0.4) is 0 Å². The maximum Gasteiger partial charge on any atom is 0.407 e. The van der Waals surface area contributed by atoms with Crippen LogP contribution >= 0.6 is 0 Å². The minimum Gasteiger partial charge on any atom is -0.481 e. The average Bonchev–Trinajstić information content (AvgIpc) is 3.15. The van der Waals surface area contributed by atoms with Crippen molar-refractivity contribution in [3.8, 4) is 11.1 Å². The van der Waals surface area contributed by atoms with Crippen molar-refractivity contribution in [2.45, 2.75) is 18.4 Å². The van der Waals surface area contributed by atoms with Crippen LogP contribution in [0.15, 0.2) is 72.8 Å². The molecule has 1 amide bonds. The second-order valence-corrected chi connectivity index (χ2v) is 7.74. The molecule has 0 unspecified atom stereocenters. The average molecular weight is 445 g/mol. The topological polar surface area (TPSA) is 102 Å². The Morgan fingerprint density at radius 1 is 0.939 bits per heavy atom. The van der Waals surface area contributed by atoms with E-state index in [1.54, 1.807) is 18.2 Å². The van der Waals surface area contributed by atoms with Crippen molar-refractivity contribution >= 4 is 18.0 Å². The fourth-order valence-electron chi connectivity index (χ4n) is 4.21. The smallest absolute Gasteiger partial charge is 0.407 e. The lowest BCUT2D eigenvalue weighted by Crippen LogP contribution is -2.31. The maximum atomic E-state index is 12.6. The molecule has 0 fully saturated rings. The van der Waals surface area contributed by atoms with Crippen LogP contribution in [0, 0.1) is 0 Å². The molecule has 3 aromatic carbocycles. The standard InChI is InChI=1S/C26H23NO6/c1-32-25(30)17-8-6-7-16(13-17)23(14-24(28)29)27-26(31)33-15-22-20-11-4-2-9-18(20)19-10-3-5-12-21(19)22/h2-13,22-23H,14-15H2,1H3,(H,27,31)(H,28,29)/t23-/m0/s1. The predicted octanol–water partition coefficient (Wildman–Crippen LogP) is 4.53. The monoisotopic (exact) mass is 445 g/mol.